The number of benzene rings is 1. The number of hydrogen-bond donors (Lipinski definition) is 0. The first-order valence-electron chi connectivity index (χ1n) is 8.54. The van der Waals surface area contributed by atoms with E-state index < -0.39 is 29.0 Å². The maximum absolute atomic E-state index is 14.4. The molecule has 1 aromatic carbocycles. The third kappa shape index (κ3) is 2.40. The van der Waals surface area contributed by atoms with Crippen molar-refractivity contribution < 1.29 is 17.6 Å². The highest BCUT2D eigenvalue weighted by molar-refractivity contribution is 5.50. The van der Waals surface area contributed by atoms with Crippen LogP contribution in [-0.2, 0) is 12.3 Å². The lowest BCUT2D eigenvalue weighted by Gasteiger charge is -2.35. The molecule has 0 heterocycles. The Morgan fingerprint density at radius 2 is 1.65 bits per heavy atom. The van der Waals surface area contributed by atoms with Gasteiger partial charge in [-0.2, -0.15) is 0 Å². The van der Waals surface area contributed by atoms with Crippen molar-refractivity contribution in [2.24, 2.45) is 17.8 Å². The zero-order valence-electron chi connectivity index (χ0n) is 14.1. The number of rotatable bonds is 1. The number of halogens is 4. The molecule has 0 amide bonds. The molecule has 4 heteroatoms. The van der Waals surface area contributed by atoms with Crippen molar-refractivity contribution in [1.82, 2.24) is 0 Å². The van der Waals surface area contributed by atoms with Gasteiger partial charge in [0.2, 0.25) is 0 Å². The first-order chi connectivity index (χ1) is 10.7. The quantitative estimate of drug-likeness (QED) is 0.547. The summed E-state index contributed by atoms with van der Waals surface area (Å²) < 4.78 is 57.5. The van der Waals surface area contributed by atoms with Crippen LogP contribution < -0.4 is 0 Å². The minimum Gasteiger partial charge on any atom is -0.203 e. The van der Waals surface area contributed by atoms with Crippen molar-refractivity contribution in [3.8, 4) is 0 Å². The molecular formula is C19H24F4. The second-order valence-electron chi connectivity index (χ2n) is 7.75. The Labute approximate surface area is 135 Å². The van der Waals surface area contributed by atoms with E-state index in [1.54, 1.807) is 6.92 Å². The second-order valence-corrected chi connectivity index (χ2v) is 7.75. The maximum Gasteiger partial charge on any atom is 0.279 e. The number of alkyl halides is 2. The van der Waals surface area contributed by atoms with E-state index in [2.05, 4.69) is 13.8 Å². The molecule has 1 aromatic rings. The summed E-state index contributed by atoms with van der Waals surface area (Å²) in [5.74, 6) is -5.86. The van der Waals surface area contributed by atoms with E-state index in [0.717, 1.165) is 19.3 Å². The Morgan fingerprint density at radius 1 is 1.00 bits per heavy atom. The minimum absolute atomic E-state index is 0.0451. The second kappa shape index (κ2) is 5.49. The zero-order valence-corrected chi connectivity index (χ0v) is 14.1. The van der Waals surface area contributed by atoms with Crippen LogP contribution in [0.4, 0.5) is 17.6 Å². The largest absolute Gasteiger partial charge is 0.279 e. The molecule has 4 unspecified atom stereocenters. The molecule has 2 aliphatic rings. The normalized spacial score (nSPS) is 32.9. The third-order valence-corrected chi connectivity index (χ3v) is 6.06. The summed E-state index contributed by atoms with van der Waals surface area (Å²) in [7, 11) is 0. The Hall–Kier alpha value is -1.06. The molecule has 0 nitrogen and oxygen atoms in total. The molecule has 0 bridgehead atoms. The SMILES string of the molecule is Cc1c(F)c(F)c2c(c1C1CC(C)CCC1C)CC(C)C2(F)F. The van der Waals surface area contributed by atoms with E-state index in [4.69, 9.17) is 0 Å². The van der Waals surface area contributed by atoms with Crippen LogP contribution in [0, 0.1) is 36.3 Å². The predicted molar refractivity (Wildman–Crippen MR) is 82.8 cm³/mol. The van der Waals surface area contributed by atoms with Crippen molar-refractivity contribution in [2.75, 3.05) is 0 Å². The smallest absolute Gasteiger partial charge is 0.203 e. The van der Waals surface area contributed by atoms with Crippen LogP contribution in [0.15, 0.2) is 0 Å². The first kappa shape index (κ1) is 16.8. The molecule has 2 aliphatic carbocycles. The zero-order chi connectivity index (χ0) is 17.1. The molecule has 3 rings (SSSR count). The first-order valence-corrected chi connectivity index (χ1v) is 8.54. The monoisotopic (exact) mass is 328 g/mol. The van der Waals surface area contributed by atoms with E-state index in [1.165, 1.54) is 6.92 Å². The predicted octanol–water partition coefficient (Wildman–Crippen LogP) is 6.10. The molecule has 23 heavy (non-hydrogen) atoms. The Bertz CT molecular complexity index is 635. The van der Waals surface area contributed by atoms with Gasteiger partial charge in [-0.1, -0.05) is 27.2 Å². The van der Waals surface area contributed by atoms with Gasteiger partial charge in [0.05, 0.1) is 5.56 Å². The van der Waals surface area contributed by atoms with E-state index in [0.29, 0.717) is 23.0 Å². The molecule has 4 atom stereocenters. The highest BCUT2D eigenvalue weighted by Crippen LogP contribution is 2.53. The highest BCUT2D eigenvalue weighted by Gasteiger charge is 2.51. The van der Waals surface area contributed by atoms with Gasteiger partial charge in [0.25, 0.3) is 5.92 Å². The molecule has 0 N–H and O–H groups in total. The molecule has 0 saturated heterocycles. The third-order valence-electron chi connectivity index (χ3n) is 6.06. The van der Waals surface area contributed by atoms with Crippen molar-refractivity contribution >= 4 is 0 Å². The van der Waals surface area contributed by atoms with Gasteiger partial charge in [-0.3, -0.25) is 0 Å². The fraction of sp³-hybridized carbons (Fsp3) is 0.684. The topological polar surface area (TPSA) is 0 Å². The summed E-state index contributed by atoms with van der Waals surface area (Å²) in [6.07, 6.45) is 3.10. The molecular weight excluding hydrogens is 304 g/mol. The van der Waals surface area contributed by atoms with Gasteiger partial charge in [0.1, 0.15) is 0 Å². The van der Waals surface area contributed by atoms with Gasteiger partial charge in [0, 0.05) is 5.92 Å². The van der Waals surface area contributed by atoms with Crippen LogP contribution in [0.1, 0.15) is 68.2 Å². The summed E-state index contributed by atoms with van der Waals surface area (Å²) in [5, 5.41) is 0. The Morgan fingerprint density at radius 3 is 2.30 bits per heavy atom. The fourth-order valence-corrected chi connectivity index (χ4v) is 4.56. The minimum atomic E-state index is -3.29. The highest BCUT2D eigenvalue weighted by atomic mass is 19.3. The Kier molecular flexibility index (Phi) is 4.01. The van der Waals surface area contributed by atoms with Crippen LogP contribution in [0.5, 0.6) is 0 Å². The van der Waals surface area contributed by atoms with E-state index in [1.807, 2.05) is 0 Å². The van der Waals surface area contributed by atoms with Crippen LogP contribution in [0.3, 0.4) is 0 Å². The lowest BCUT2D eigenvalue weighted by Crippen LogP contribution is -2.24. The lowest BCUT2D eigenvalue weighted by molar-refractivity contribution is -0.0481. The molecule has 1 fully saturated rings. The average molecular weight is 328 g/mol. The Balaban J connectivity index is 2.23. The molecule has 128 valence electrons. The average Bonchev–Trinajstić information content (AvgIpc) is 2.71. The van der Waals surface area contributed by atoms with Crippen molar-refractivity contribution in [1.29, 1.82) is 0 Å². The van der Waals surface area contributed by atoms with Gasteiger partial charge in [-0.15, -0.1) is 0 Å². The molecule has 0 aliphatic heterocycles. The molecule has 0 aromatic heterocycles. The molecule has 0 spiro atoms. The summed E-state index contributed by atoms with van der Waals surface area (Å²) in [6, 6.07) is 0. The summed E-state index contributed by atoms with van der Waals surface area (Å²) in [6.45, 7) is 7.20. The summed E-state index contributed by atoms with van der Waals surface area (Å²) >= 11 is 0. The standard InChI is InChI=1S/C19H24F4/c1-9-5-6-10(2)13(7-9)15-12(4)17(20)18(21)16-14(15)8-11(3)19(16,22)23/h9-11,13H,5-8H2,1-4H3. The van der Waals surface area contributed by atoms with E-state index in [9.17, 15) is 17.6 Å². The maximum atomic E-state index is 14.4. The van der Waals surface area contributed by atoms with E-state index in [-0.39, 0.29) is 17.9 Å². The summed E-state index contributed by atoms with van der Waals surface area (Å²) in [5.41, 5.74) is 0.609. The van der Waals surface area contributed by atoms with E-state index >= 15 is 0 Å². The van der Waals surface area contributed by atoms with Gasteiger partial charge < -0.3 is 0 Å². The fourth-order valence-electron chi connectivity index (χ4n) is 4.56. The van der Waals surface area contributed by atoms with Crippen molar-refractivity contribution in [2.45, 2.75) is 65.2 Å². The van der Waals surface area contributed by atoms with Crippen molar-refractivity contribution in [3.63, 3.8) is 0 Å². The van der Waals surface area contributed by atoms with Gasteiger partial charge >= 0.3 is 0 Å². The summed E-state index contributed by atoms with van der Waals surface area (Å²) in [4.78, 5) is 0. The van der Waals surface area contributed by atoms with Crippen molar-refractivity contribution in [3.05, 3.63) is 33.9 Å². The van der Waals surface area contributed by atoms with Crippen LogP contribution in [0.2, 0.25) is 0 Å². The van der Waals surface area contributed by atoms with Gasteiger partial charge in [0.15, 0.2) is 11.6 Å². The van der Waals surface area contributed by atoms with Crippen LogP contribution >= 0.6 is 0 Å². The van der Waals surface area contributed by atoms with Gasteiger partial charge in [-0.25, -0.2) is 17.6 Å². The van der Waals surface area contributed by atoms with Crippen LogP contribution in [0.25, 0.3) is 0 Å². The molecule has 1 saturated carbocycles. The molecule has 0 radical (unpaired) electrons. The van der Waals surface area contributed by atoms with Gasteiger partial charge in [-0.05, 0) is 60.6 Å². The lowest BCUT2D eigenvalue weighted by atomic mass is 9.70. The number of hydrogen-bond acceptors (Lipinski definition) is 0. The van der Waals surface area contributed by atoms with Crippen LogP contribution in [-0.4, -0.2) is 0 Å². The number of fused-ring (bicyclic) bond motifs is 1.